The summed E-state index contributed by atoms with van der Waals surface area (Å²) in [5.41, 5.74) is 1.93. The van der Waals surface area contributed by atoms with Crippen LogP contribution in [0.15, 0.2) is 35.5 Å². The summed E-state index contributed by atoms with van der Waals surface area (Å²) in [4.78, 5) is 23.1. The lowest BCUT2D eigenvalue weighted by atomic mass is 9.91. The molecule has 0 saturated heterocycles. The normalized spacial score (nSPS) is 17.2. The van der Waals surface area contributed by atoms with Gasteiger partial charge in [0.1, 0.15) is 0 Å². The molecule has 0 aromatic heterocycles. The van der Waals surface area contributed by atoms with Crippen molar-refractivity contribution in [2.75, 3.05) is 0 Å². The Bertz CT molecular complexity index is 577. The predicted molar refractivity (Wildman–Crippen MR) is 120 cm³/mol. The average molecular weight is 387 g/mol. The zero-order valence-corrected chi connectivity index (χ0v) is 18.9. The zero-order valence-electron chi connectivity index (χ0n) is 18.9. The van der Waals surface area contributed by atoms with Crippen LogP contribution in [0, 0.1) is 17.8 Å². The monoisotopic (exact) mass is 386 g/mol. The Kier molecular flexibility index (Phi) is 12.0. The number of ketones is 2. The molecule has 0 heterocycles. The number of allylic oxidation sites excluding steroid dienone is 6. The van der Waals surface area contributed by atoms with E-state index in [0.29, 0.717) is 12.0 Å². The highest BCUT2D eigenvalue weighted by Gasteiger charge is 2.12. The van der Waals surface area contributed by atoms with E-state index in [9.17, 15) is 9.59 Å². The highest BCUT2D eigenvalue weighted by atomic mass is 16.1. The van der Waals surface area contributed by atoms with E-state index < -0.39 is 0 Å². The lowest BCUT2D eigenvalue weighted by Gasteiger charge is -2.15. The number of hydrogen-bond donors (Lipinski definition) is 0. The van der Waals surface area contributed by atoms with Gasteiger partial charge < -0.3 is 0 Å². The molecule has 0 aromatic rings. The molecular formula is C26H42O2. The van der Waals surface area contributed by atoms with Crippen LogP contribution in [0.3, 0.4) is 0 Å². The second-order valence-electron chi connectivity index (χ2n) is 9.38. The van der Waals surface area contributed by atoms with Gasteiger partial charge in [0.15, 0.2) is 11.6 Å². The van der Waals surface area contributed by atoms with Gasteiger partial charge in [-0.1, -0.05) is 84.3 Å². The topological polar surface area (TPSA) is 34.1 Å². The summed E-state index contributed by atoms with van der Waals surface area (Å²) in [7, 11) is 0. The second-order valence-corrected chi connectivity index (χ2v) is 9.38. The fourth-order valence-corrected chi connectivity index (χ4v) is 3.81. The fourth-order valence-electron chi connectivity index (χ4n) is 3.81. The van der Waals surface area contributed by atoms with Crippen LogP contribution < -0.4 is 0 Å². The van der Waals surface area contributed by atoms with Gasteiger partial charge in [-0.15, -0.1) is 0 Å². The first kappa shape index (κ1) is 24.6. The Hall–Kier alpha value is -1.44. The molecule has 0 amide bonds. The fraction of sp³-hybridized carbons (Fsp3) is 0.692. The Balaban J connectivity index is 2.14. The average Bonchev–Trinajstić information content (AvgIpc) is 2.62. The van der Waals surface area contributed by atoms with Gasteiger partial charge in [-0.3, -0.25) is 9.59 Å². The Morgan fingerprint density at radius 1 is 0.857 bits per heavy atom. The molecule has 158 valence electrons. The first-order valence-electron chi connectivity index (χ1n) is 11.4. The Morgan fingerprint density at radius 2 is 1.43 bits per heavy atom. The molecule has 0 radical (unpaired) electrons. The maximum Gasteiger partial charge on any atom is 0.182 e. The van der Waals surface area contributed by atoms with Crippen LogP contribution in [0.5, 0.6) is 0 Å². The minimum atomic E-state index is -0.0799. The lowest BCUT2D eigenvalue weighted by Crippen LogP contribution is -2.06. The van der Waals surface area contributed by atoms with Crippen molar-refractivity contribution >= 4 is 11.6 Å². The van der Waals surface area contributed by atoms with E-state index in [1.165, 1.54) is 75.2 Å². The molecule has 0 spiro atoms. The summed E-state index contributed by atoms with van der Waals surface area (Å²) >= 11 is 0. The van der Waals surface area contributed by atoms with E-state index in [1.54, 1.807) is 0 Å². The standard InChI is InChI=1S/C26H42O2/c1-20(2)9-6-10-21(3)11-7-12-22(4)13-8-14-23(5)15-16-24-19-25(27)17-18-26(24)28/h15,17-22H,6-14,16H2,1-5H3/b23-15+/t21-,22-/m1/s1. The maximum absolute atomic E-state index is 11.8. The van der Waals surface area contributed by atoms with Crippen LogP contribution in [0.2, 0.25) is 0 Å². The van der Waals surface area contributed by atoms with Crippen molar-refractivity contribution in [3.8, 4) is 0 Å². The van der Waals surface area contributed by atoms with E-state index >= 15 is 0 Å². The molecule has 2 atom stereocenters. The smallest absolute Gasteiger partial charge is 0.182 e. The van der Waals surface area contributed by atoms with Gasteiger partial charge in [-0.2, -0.15) is 0 Å². The minimum Gasteiger partial charge on any atom is -0.290 e. The van der Waals surface area contributed by atoms with Crippen LogP contribution in [-0.4, -0.2) is 11.6 Å². The van der Waals surface area contributed by atoms with Crippen LogP contribution >= 0.6 is 0 Å². The Morgan fingerprint density at radius 3 is 2.04 bits per heavy atom. The molecule has 0 N–H and O–H groups in total. The van der Waals surface area contributed by atoms with Crippen LogP contribution in [0.25, 0.3) is 0 Å². The van der Waals surface area contributed by atoms with Gasteiger partial charge in [0, 0.05) is 5.57 Å². The zero-order chi connectivity index (χ0) is 20.9. The maximum atomic E-state index is 11.8. The third kappa shape index (κ3) is 11.4. The molecule has 0 unspecified atom stereocenters. The molecule has 1 aliphatic rings. The van der Waals surface area contributed by atoms with E-state index in [-0.39, 0.29) is 11.6 Å². The first-order chi connectivity index (χ1) is 13.3. The molecule has 0 bridgehead atoms. The molecule has 0 saturated carbocycles. The molecule has 0 fully saturated rings. The molecule has 2 heteroatoms. The van der Waals surface area contributed by atoms with E-state index in [4.69, 9.17) is 0 Å². The van der Waals surface area contributed by atoms with Crippen molar-refractivity contribution in [3.05, 3.63) is 35.5 Å². The van der Waals surface area contributed by atoms with Crippen LogP contribution in [0.4, 0.5) is 0 Å². The van der Waals surface area contributed by atoms with Gasteiger partial charge in [-0.05, 0) is 62.2 Å². The van der Waals surface area contributed by atoms with Gasteiger partial charge in [0.2, 0.25) is 0 Å². The number of carbonyl (C=O) groups excluding carboxylic acids is 2. The summed E-state index contributed by atoms with van der Waals surface area (Å²) in [6.45, 7) is 11.6. The highest BCUT2D eigenvalue weighted by molar-refractivity contribution is 6.17. The summed E-state index contributed by atoms with van der Waals surface area (Å²) in [5.74, 6) is 2.39. The first-order valence-corrected chi connectivity index (χ1v) is 11.4. The van der Waals surface area contributed by atoms with E-state index in [2.05, 4.69) is 40.7 Å². The largest absolute Gasteiger partial charge is 0.290 e. The summed E-state index contributed by atoms with van der Waals surface area (Å²) in [5, 5.41) is 0. The molecule has 28 heavy (non-hydrogen) atoms. The van der Waals surface area contributed by atoms with E-state index in [1.807, 2.05) is 0 Å². The van der Waals surface area contributed by atoms with Crippen LogP contribution in [-0.2, 0) is 9.59 Å². The highest BCUT2D eigenvalue weighted by Crippen LogP contribution is 2.22. The molecule has 2 nitrogen and oxygen atoms in total. The van der Waals surface area contributed by atoms with Gasteiger partial charge in [-0.25, -0.2) is 0 Å². The number of hydrogen-bond acceptors (Lipinski definition) is 2. The van der Waals surface area contributed by atoms with Gasteiger partial charge >= 0.3 is 0 Å². The summed E-state index contributed by atoms with van der Waals surface area (Å²) in [6, 6.07) is 0. The number of rotatable bonds is 14. The van der Waals surface area contributed by atoms with Crippen molar-refractivity contribution in [2.24, 2.45) is 17.8 Å². The van der Waals surface area contributed by atoms with Gasteiger partial charge in [0.25, 0.3) is 0 Å². The second kappa shape index (κ2) is 13.7. The third-order valence-corrected chi connectivity index (χ3v) is 5.84. The van der Waals surface area contributed by atoms with E-state index in [0.717, 1.165) is 24.2 Å². The SMILES string of the molecule is C/C(=C\CC1=CC(=O)C=CC1=O)CCC[C@H](C)CCC[C@H](C)CCCC(C)C. The van der Waals surface area contributed by atoms with Gasteiger partial charge in [0.05, 0.1) is 0 Å². The number of carbonyl (C=O) groups is 2. The van der Waals surface area contributed by atoms with Crippen molar-refractivity contribution in [1.29, 1.82) is 0 Å². The predicted octanol–water partition coefficient (Wildman–Crippen LogP) is 7.40. The molecule has 1 rings (SSSR count). The summed E-state index contributed by atoms with van der Waals surface area (Å²) < 4.78 is 0. The van der Waals surface area contributed by atoms with Crippen molar-refractivity contribution < 1.29 is 9.59 Å². The Labute approximate surface area is 173 Å². The van der Waals surface area contributed by atoms with Crippen molar-refractivity contribution in [2.45, 2.75) is 98.8 Å². The summed E-state index contributed by atoms with van der Waals surface area (Å²) in [6.07, 6.45) is 18.7. The third-order valence-electron chi connectivity index (χ3n) is 5.84. The van der Waals surface area contributed by atoms with Crippen molar-refractivity contribution in [3.63, 3.8) is 0 Å². The van der Waals surface area contributed by atoms with Crippen molar-refractivity contribution in [1.82, 2.24) is 0 Å². The molecule has 0 aromatic carbocycles. The lowest BCUT2D eigenvalue weighted by molar-refractivity contribution is -0.114. The molecule has 0 aliphatic heterocycles. The van der Waals surface area contributed by atoms with Crippen LogP contribution in [0.1, 0.15) is 98.8 Å². The molecular weight excluding hydrogens is 344 g/mol. The quantitative estimate of drug-likeness (QED) is 0.230. The molecule has 1 aliphatic carbocycles. The minimum absolute atomic E-state index is 0.0318.